The molecule has 0 unspecified atom stereocenters. The molecule has 0 aromatic carbocycles. The molecule has 0 saturated carbocycles. The van der Waals surface area contributed by atoms with Crippen molar-refractivity contribution in [1.82, 2.24) is 24.9 Å². The Morgan fingerprint density at radius 2 is 2.26 bits per heavy atom. The number of rotatable bonds is 6. The van der Waals surface area contributed by atoms with Crippen LogP contribution in [0, 0.1) is 6.92 Å². The van der Waals surface area contributed by atoms with Gasteiger partial charge in [0.15, 0.2) is 5.03 Å². The van der Waals surface area contributed by atoms with Crippen LogP contribution in [0.2, 0.25) is 0 Å². The average Bonchev–Trinajstić information content (AvgIpc) is 2.98. The Balaban J connectivity index is 2.05. The van der Waals surface area contributed by atoms with Gasteiger partial charge in [-0.1, -0.05) is 0 Å². The molecule has 5 N–H and O–H groups in total. The van der Waals surface area contributed by atoms with E-state index in [1.165, 1.54) is 0 Å². The molecule has 2 heterocycles. The largest absolute Gasteiger partial charge is 0.349 e. The number of H-pyrrole nitrogens is 2. The molecule has 0 amide bonds. The van der Waals surface area contributed by atoms with Crippen molar-refractivity contribution in [2.45, 2.75) is 24.9 Å². The maximum atomic E-state index is 12.1. The maximum absolute atomic E-state index is 12.1. The Morgan fingerprint density at radius 1 is 1.47 bits per heavy atom. The summed E-state index contributed by atoms with van der Waals surface area (Å²) in [5.41, 5.74) is 6.70. The molecule has 2 rings (SSSR count). The molecule has 19 heavy (non-hydrogen) atoms. The van der Waals surface area contributed by atoms with Crippen LogP contribution in [0.3, 0.4) is 0 Å². The zero-order valence-corrected chi connectivity index (χ0v) is 11.3. The first kappa shape index (κ1) is 13.7. The summed E-state index contributed by atoms with van der Waals surface area (Å²) in [4.78, 5) is 6.92. The first-order valence-electron chi connectivity index (χ1n) is 5.76. The fourth-order valence-corrected chi connectivity index (χ4v) is 2.93. The van der Waals surface area contributed by atoms with Crippen molar-refractivity contribution in [3.8, 4) is 0 Å². The fourth-order valence-electron chi connectivity index (χ4n) is 1.70. The van der Waals surface area contributed by atoms with Gasteiger partial charge >= 0.3 is 0 Å². The average molecular weight is 284 g/mol. The summed E-state index contributed by atoms with van der Waals surface area (Å²) in [6.07, 6.45) is 3.79. The molecule has 0 saturated heterocycles. The van der Waals surface area contributed by atoms with Crippen LogP contribution in [0.25, 0.3) is 0 Å². The van der Waals surface area contributed by atoms with Crippen LogP contribution >= 0.6 is 0 Å². The number of aromatic amines is 2. The van der Waals surface area contributed by atoms with Crippen molar-refractivity contribution in [2.75, 3.05) is 6.54 Å². The van der Waals surface area contributed by atoms with Gasteiger partial charge in [-0.15, -0.1) is 0 Å². The second kappa shape index (κ2) is 5.51. The summed E-state index contributed by atoms with van der Waals surface area (Å²) >= 11 is 0. The Kier molecular flexibility index (Phi) is 3.98. The highest BCUT2D eigenvalue weighted by molar-refractivity contribution is 7.89. The second-order valence-corrected chi connectivity index (χ2v) is 5.70. The number of aryl methyl sites for hydroxylation is 1. The van der Waals surface area contributed by atoms with Crippen LogP contribution in [0.15, 0.2) is 17.4 Å². The van der Waals surface area contributed by atoms with E-state index in [1.54, 1.807) is 19.3 Å². The van der Waals surface area contributed by atoms with E-state index in [1.807, 2.05) is 0 Å². The van der Waals surface area contributed by atoms with Gasteiger partial charge in [-0.25, -0.2) is 18.1 Å². The summed E-state index contributed by atoms with van der Waals surface area (Å²) in [6.45, 7) is 2.10. The smallest absolute Gasteiger partial charge is 0.260 e. The summed E-state index contributed by atoms with van der Waals surface area (Å²) in [5, 5.41) is 6.39. The van der Waals surface area contributed by atoms with E-state index in [0.717, 1.165) is 5.82 Å². The zero-order chi connectivity index (χ0) is 13.9. The van der Waals surface area contributed by atoms with Crippen LogP contribution in [0.4, 0.5) is 0 Å². The summed E-state index contributed by atoms with van der Waals surface area (Å²) in [6, 6.07) is 0. The van der Waals surface area contributed by atoms with Gasteiger partial charge in [0.1, 0.15) is 5.82 Å². The van der Waals surface area contributed by atoms with Crippen LogP contribution in [-0.4, -0.2) is 35.1 Å². The minimum atomic E-state index is -3.65. The maximum Gasteiger partial charge on any atom is 0.260 e. The summed E-state index contributed by atoms with van der Waals surface area (Å²) < 4.78 is 26.6. The molecule has 0 spiro atoms. The summed E-state index contributed by atoms with van der Waals surface area (Å²) in [5.74, 6) is 0.722. The quantitative estimate of drug-likeness (QED) is 0.564. The summed E-state index contributed by atoms with van der Waals surface area (Å²) in [7, 11) is -3.65. The number of hydrogen-bond donors (Lipinski definition) is 4. The molecule has 2 aromatic rings. The number of sulfonamides is 1. The highest BCUT2D eigenvalue weighted by Gasteiger charge is 2.22. The van der Waals surface area contributed by atoms with Crippen LogP contribution < -0.4 is 10.5 Å². The van der Waals surface area contributed by atoms with E-state index in [0.29, 0.717) is 17.7 Å². The van der Waals surface area contributed by atoms with Gasteiger partial charge in [0.25, 0.3) is 10.0 Å². The van der Waals surface area contributed by atoms with Crippen LogP contribution in [0.1, 0.15) is 17.1 Å². The number of nitrogens with one attached hydrogen (secondary N) is 3. The van der Waals surface area contributed by atoms with E-state index < -0.39 is 10.0 Å². The first-order chi connectivity index (χ1) is 9.04. The van der Waals surface area contributed by atoms with Gasteiger partial charge in [0.2, 0.25) is 0 Å². The van der Waals surface area contributed by atoms with Gasteiger partial charge < -0.3 is 10.7 Å². The van der Waals surface area contributed by atoms with Crippen molar-refractivity contribution >= 4 is 10.0 Å². The molecular weight excluding hydrogens is 268 g/mol. The Morgan fingerprint density at radius 3 is 2.89 bits per heavy atom. The molecule has 0 aliphatic rings. The van der Waals surface area contributed by atoms with Crippen molar-refractivity contribution in [3.63, 3.8) is 0 Å². The molecule has 2 aromatic heterocycles. The standard InChI is InChI=1S/C10H16N6O2S/c1-7-8(6-11)10(16-15-7)19(17,18)14-3-2-9-12-4-5-13-9/h4-5,14H,2-3,6,11H2,1H3,(H,12,13)(H,15,16). The topological polar surface area (TPSA) is 130 Å². The molecule has 0 aliphatic heterocycles. The number of nitrogens with two attached hydrogens (primary N) is 1. The van der Waals surface area contributed by atoms with Crippen molar-refractivity contribution in [3.05, 3.63) is 29.5 Å². The van der Waals surface area contributed by atoms with E-state index in [-0.39, 0.29) is 18.1 Å². The lowest BCUT2D eigenvalue weighted by Gasteiger charge is -2.05. The predicted octanol–water partition coefficient (Wildman–Crippen LogP) is -0.579. The molecular formula is C10H16N6O2S. The van der Waals surface area contributed by atoms with Crippen LogP contribution in [0.5, 0.6) is 0 Å². The van der Waals surface area contributed by atoms with E-state index in [2.05, 4.69) is 24.9 Å². The Labute approximate surface area is 110 Å². The van der Waals surface area contributed by atoms with Gasteiger partial charge in [0.05, 0.1) is 0 Å². The van der Waals surface area contributed by atoms with Gasteiger partial charge in [-0.05, 0) is 6.92 Å². The van der Waals surface area contributed by atoms with Crippen molar-refractivity contribution in [2.24, 2.45) is 5.73 Å². The van der Waals surface area contributed by atoms with Gasteiger partial charge in [-0.2, -0.15) is 5.10 Å². The lowest BCUT2D eigenvalue weighted by Crippen LogP contribution is -2.27. The number of imidazole rings is 1. The molecule has 0 fully saturated rings. The van der Waals surface area contributed by atoms with Gasteiger partial charge in [-0.3, -0.25) is 5.10 Å². The normalized spacial score (nSPS) is 11.9. The minimum Gasteiger partial charge on any atom is -0.349 e. The molecule has 0 radical (unpaired) electrons. The molecule has 0 aliphatic carbocycles. The Bertz CT molecular complexity index is 631. The number of hydrogen-bond acceptors (Lipinski definition) is 5. The van der Waals surface area contributed by atoms with Crippen LogP contribution in [-0.2, 0) is 23.0 Å². The Hall–Kier alpha value is -1.71. The van der Waals surface area contributed by atoms with E-state index in [9.17, 15) is 8.42 Å². The highest BCUT2D eigenvalue weighted by atomic mass is 32.2. The molecule has 0 bridgehead atoms. The lowest BCUT2D eigenvalue weighted by molar-refractivity contribution is 0.575. The monoisotopic (exact) mass is 284 g/mol. The molecule has 8 nitrogen and oxygen atoms in total. The van der Waals surface area contributed by atoms with Gasteiger partial charge in [0, 0.05) is 43.2 Å². The predicted molar refractivity (Wildman–Crippen MR) is 68.7 cm³/mol. The first-order valence-corrected chi connectivity index (χ1v) is 7.24. The molecule has 9 heteroatoms. The van der Waals surface area contributed by atoms with E-state index >= 15 is 0 Å². The minimum absolute atomic E-state index is 0.0352. The zero-order valence-electron chi connectivity index (χ0n) is 10.5. The molecule has 0 atom stereocenters. The fraction of sp³-hybridized carbons (Fsp3) is 0.400. The third kappa shape index (κ3) is 3.00. The highest BCUT2D eigenvalue weighted by Crippen LogP contribution is 2.14. The lowest BCUT2D eigenvalue weighted by atomic mass is 10.3. The number of aromatic nitrogens is 4. The molecule has 104 valence electrons. The third-order valence-electron chi connectivity index (χ3n) is 2.70. The third-order valence-corrected chi connectivity index (χ3v) is 4.13. The van der Waals surface area contributed by atoms with Crippen molar-refractivity contribution < 1.29 is 8.42 Å². The number of nitrogens with zero attached hydrogens (tertiary/aromatic N) is 2. The van der Waals surface area contributed by atoms with Crippen molar-refractivity contribution in [1.29, 1.82) is 0 Å². The second-order valence-electron chi connectivity index (χ2n) is 4.02. The SMILES string of the molecule is Cc1[nH]nc(S(=O)(=O)NCCc2ncc[nH]2)c1CN. The van der Waals surface area contributed by atoms with E-state index in [4.69, 9.17) is 5.73 Å².